The number of ether oxygens (including phenoxy) is 2. The van der Waals surface area contributed by atoms with Crippen molar-refractivity contribution in [2.45, 2.75) is 24.5 Å². The smallest absolute Gasteiger partial charge is 0.199 e. The summed E-state index contributed by atoms with van der Waals surface area (Å²) in [7, 11) is -1.75. The zero-order valence-corrected chi connectivity index (χ0v) is 10.5. The number of para-hydroxylation sites is 1. The van der Waals surface area contributed by atoms with Crippen molar-refractivity contribution in [3.05, 3.63) is 24.3 Å². The summed E-state index contributed by atoms with van der Waals surface area (Å²) < 4.78 is 33.5. The van der Waals surface area contributed by atoms with E-state index in [1.54, 1.807) is 18.2 Å². The summed E-state index contributed by atoms with van der Waals surface area (Å²) in [6, 6.07) is 6.54. The van der Waals surface area contributed by atoms with Gasteiger partial charge >= 0.3 is 0 Å². The predicted molar refractivity (Wildman–Crippen MR) is 61.3 cm³/mol. The summed E-state index contributed by atoms with van der Waals surface area (Å²) in [4.78, 5) is 0.186. The molecule has 0 aliphatic heterocycles. The van der Waals surface area contributed by atoms with Gasteiger partial charge in [-0.25, -0.2) is 8.42 Å². The van der Waals surface area contributed by atoms with Crippen molar-refractivity contribution < 1.29 is 17.9 Å². The van der Waals surface area contributed by atoms with Crippen LogP contribution in [0.3, 0.4) is 0 Å². The third kappa shape index (κ3) is 3.21. The zero-order chi connectivity index (χ0) is 12.2. The Morgan fingerprint density at radius 1 is 1.31 bits per heavy atom. The molecular formula is C11H16O4S. The van der Waals surface area contributed by atoms with Crippen molar-refractivity contribution in [1.82, 2.24) is 0 Å². The molecule has 0 fully saturated rings. The molecule has 1 aromatic carbocycles. The maximum absolute atomic E-state index is 11.5. The largest absolute Gasteiger partial charge is 0.464 e. The highest BCUT2D eigenvalue weighted by Crippen LogP contribution is 2.24. The Labute approximate surface area is 96.1 Å². The molecule has 0 heterocycles. The molecule has 0 aliphatic rings. The third-order valence-corrected chi connectivity index (χ3v) is 3.24. The lowest BCUT2D eigenvalue weighted by Gasteiger charge is -2.17. The average Bonchev–Trinajstić information content (AvgIpc) is 2.25. The number of hydrogen-bond acceptors (Lipinski definition) is 4. The topological polar surface area (TPSA) is 52.6 Å². The molecule has 5 heteroatoms. The molecule has 1 atom stereocenters. The fourth-order valence-corrected chi connectivity index (χ4v) is 2.10. The van der Waals surface area contributed by atoms with Gasteiger partial charge in [0, 0.05) is 19.8 Å². The SMILES string of the molecule is CCC(OC)Oc1ccccc1S(C)(=O)=O. The Bertz CT molecular complexity index is 435. The molecule has 1 unspecified atom stereocenters. The Balaban J connectivity index is 3.05. The van der Waals surface area contributed by atoms with Crippen LogP contribution in [-0.4, -0.2) is 28.1 Å². The molecule has 0 N–H and O–H groups in total. The molecule has 0 aromatic heterocycles. The van der Waals surface area contributed by atoms with Crippen LogP contribution in [0, 0.1) is 0 Å². The van der Waals surface area contributed by atoms with Gasteiger partial charge in [0.05, 0.1) is 0 Å². The van der Waals surface area contributed by atoms with Crippen LogP contribution < -0.4 is 4.74 Å². The van der Waals surface area contributed by atoms with E-state index in [0.29, 0.717) is 12.2 Å². The first-order chi connectivity index (χ1) is 7.49. The van der Waals surface area contributed by atoms with Crippen molar-refractivity contribution in [3.63, 3.8) is 0 Å². The second-order valence-electron chi connectivity index (χ2n) is 3.41. The third-order valence-electron chi connectivity index (χ3n) is 2.10. The molecule has 1 aromatic rings. The molecule has 0 radical (unpaired) electrons. The number of rotatable bonds is 5. The molecule has 0 spiro atoms. The van der Waals surface area contributed by atoms with E-state index in [4.69, 9.17) is 9.47 Å². The van der Waals surface area contributed by atoms with Gasteiger partial charge in [-0.15, -0.1) is 0 Å². The fraction of sp³-hybridized carbons (Fsp3) is 0.455. The summed E-state index contributed by atoms with van der Waals surface area (Å²) in [5, 5.41) is 0. The summed E-state index contributed by atoms with van der Waals surface area (Å²) in [6.07, 6.45) is 1.38. The normalized spacial score (nSPS) is 13.4. The Morgan fingerprint density at radius 2 is 1.94 bits per heavy atom. The first kappa shape index (κ1) is 13.0. The lowest BCUT2D eigenvalue weighted by molar-refractivity contribution is -0.0564. The molecule has 0 bridgehead atoms. The average molecular weight is 244 g/mol. The lowest BCUT2D eigenvalue weighted by atomic mass is 10.3. The minimum atomic E-state index is -3.28. The zero-order valence-electron chi connectivity index (χ0n) is 9.64. The maximum atomic E-state index is 11.5. The highest BCUT2D eigenvalue weighted by molar-refractivity contribution is 7.90. The summed E-state index contributed by atoms with van der Waals surface area (Å²) >= 11 is 0. The number of benzene rings is 1. The Kier molecular flexibility index (Phi) is 4.32. The quantitative estimate of drug-likeness (QED) is 0.742. The van der Waals surface area contributed by atoms with Gasteiger partial charge in [0.25, 0.3) is 0 Å². The van der Waals surface area contributed by atoms with E-state index >= 15 is 0 Å². The van der Waals surface area contributed by atoms with E-state index < -0.39 is 16.1 Å². The van der Waals surface area contributed by atoms with Gasteiger partial charge in [-0.05, 0) is 12.1 Å². The molecule has 0 amide bonds. The van der Waals surface area contributed by atoms with Gasteiger partial charge in [0.15, 0.2) is 16.1 Å². The van der Waals surface area contributed by atoms with Gasteiger partial charge in [0.1, 0.15) is 10.6 Å². The molecule has 0 saturated carbocycles. The summed E-state index contributed by atoms with van der Waals surface area (Å²) in [5.41, 5.74) is 0. The van der Waals surface area contributed by atoms with Crippen LogP contribution in [0.15, 0.2) is 29.2 Å². The van der Waals surface area contributed by atoms with Crippen molar-refractivity contribution in [3.8, 4) is 5.75 Å². The van der Waals surface area contributed by atoms with Gasteiger partial charge in [-0.3, -0.25) is 0 Å². The monoisotopic (exact) mass is 244 g/mol. The highest BCUT2D eigenvalue weighted by atomic mass is 32.2. The maximum Gasteiger partial charge on any atom is 0.199 e. The second-order valence-corrected chi connectivity index (χ2v) is 5.39. The van der Waals surface area contributed by atoms with Gasteiger partial charge < -0.3 is 9.47 Å². The van der Waals surface area contributed by atoms with Gasteiger partial charge in [0.2, 0.25) is 0 Å². The van der Waals surface area contributed by atoms with E-state index in [9.17, 15) is 8.42 Å². The first-order valence-electron chi connectivity index (χ1n) is 4.97. The molecule has 0 saturated heterocycles. The summed E-state index contributed by atoms with van der Waals surface area (Å²) in [5.74, 6) is 0.332. The van der Waals surface area contributed by atoms with Gasteiger partial charge in [-0.1, -0.05) is 19.1 Å². The molecule has 4 nitrogen and oxygen atoms in total. The minimum absolute atomic E-state index is 0.186. The Morgan fingerprint density at radius 3 is 2.44 bits per heavy atom. The van der Waals surface area contributed by atoms with E-state index in [1.165, 1.54) is 13.2 Å². The lowest BCUT2D eigenvalue weighted by Crippen LogP contribution is -2.18. The molecular weight excluding hydrogens is 228 g/mol. The van der Waals surface area contributed by atoms with E-state index in [2.05, 4.69) is 0 Å². The Hall–Kier alpha value is -1.07. The summed E-state index contributed by atoms with van der Waals surface area (Å²) in [6.45, 7) is 1.90. The van der Waals surface area contributed by atoms with Crippen LogP contribution in [-0.2, 0) is 14.6 Å². The molecule has 0 aliphatic carbocycles. The van der Waals surface area contributed by atoms with Crippen LogP contribution in [0.5, 0.6) is 5.75 Å². The number of sulfone groups is 1. The predicted octanol–water partition coefficient (Wildman–Crippen LogP) is 1.85. The van der Waals surface area contributed by atoms with Crippen molar-refractivity contribution >= 4 is 9.84 Å². The molecule has 16 heavy (non-hydrogen) atoms. The number of hydrogen-bond donors (Lipinski definition) is 0. The number of methoxy groups -OCH3 is 1. The van der Waals surface area contributed by atoms with Crippen molar-refractivity contribution in [2.75, 3.05) is 13.4 Å². The standard InChI is InChI=1S/C11H16O4S/c1-4-11(14-2)15-9-7-5-6-8-10(9)16(3,12)13/h5-8,11H,4H2,1-3H3. The van der Waals surface area contributed by atoms with Crippen LogP contribution in [0.2, 0.25) is 0 Å². The molecule has 90 valence electrons. The van der Waals surface area contributed by atoms with E-state index in [1.807, 2.05) is 6.92 Å². The second kappa shape index (κ2) is 5.32. The fourth-order valence-electron chi connectivity index (χ4n) is 1.29. The van der Waals surface area contributed by atoms with Crippen molar-refractivity contribution in [1.29, 1.82) is 0 Å². The van der Waals surface area contributed by atoms with Crippen LogP contribution >= 0.6 is 0 Å². The molecule has 1 rings (SSSR count). The van der Waals surface area contributed by atoms with E-state index in [-0.39, 0.29) is 4.90 Å². The van der Waals surface area contributed by atoms with Crippen LogP contribution in [0.1, 0.15) is 13.3 Å². The van der Waals surface area contributed by atoms with Crippen LogP contribution in [0.4, 0.5) is 0 Å². The van der Waals surface area contributed by atoms with Crippen LogP contribution in [0.25, 0.3) is 0 Å². The highest BCUT2D eigenvalue weighted by Gasteiger charge is 2.16. The van der Waals surface area contributed by atoms with Gasteiger partial charge in [-0.2, -0.15) is 0 Å². The van der Waals surface area contributed by atoms with Crippen molar-refractivity contribution in [2.24, 2.45) is 0 Å². The van der Waals surface area contributed by atoms with E-state index in [0.717, 1.165) is 6.26 Å². The first-order valence-corrected chi connectivity index (χ1v) is 6.86. The minimum Gasteiger partial charge on any atom is -0.464 e.